The van der Waals surface area contributed by atoms with Crippen molar-refractivity contribution in [2.45, 2.75) is 18.9 Å². The van der Waals surface area contributed by atoms with Gasteiger partial charge in [0, 0.05) is 18.5 Å². The van der Waals surface area contributed by atoms with E-state index in [0.717, 1.165) is 12.8 Å². The van der Waals surface area contributed by atoms with Gasteiger partial charge in [-0.15, -0.1) is 0 Å². The zero-order valence-electron chi connectivity index (χ0n) is 11.3. The topological polar surface area (TPSA) is 93.1 Å². The van der Waals surface area contributed by atoms with E-state index in [0.29, 0.717) is 30.5 Å². The minimum atomic E-state index is -0.379. The monoisotopic (exact) mass is 312 g/mol. The third-order valence-electron chi connectivity index (χ3n) is 3.58. The van der Waals surface area contributed by atoms with E-state index in [4.69, 9.17) is 9.84 Å². The van der Waals surface area contributed by atoms with Gasteiger partial charge in [-0.2, -0.15) is 9.38 Å². The van der Waals surface area contributed by atoms with Crippen molar-refractivity contribution in [2.24, 2.45) is 0 Å². The van der Waals surface area contributed by atoms with Crippen molar-refractivity contribution >= 4 is 27.9 Å². The summed E-state index contributed by atoms with van der Waals surface area (Å²) >= 11 is 1.38. The van der Waals surface area contributed by atoms with Gasteiger partial charge in [-0.1, -0.05) is 11.3 Å². The Morgan fingerprint density at radius 3 is 2.95 bits per heavy atom. The van der Waals surface area contributed by atoms with E-state index < -0.39 is 0 Å². The molecule has 0 radical (unpaired) electrons. The van der Waals surface area contributed by atoms with Crippen molar-refractivity contribution in [3.8, 4) is 0 Å². The molecule has 0 spiro atoms. The average molecular weight is 312 g/mol. The van der Waals surface area contributed by atoms with Gasteiger partial charge in [0.25, 0.3) is 4.96 Å². The Morgan fingerprint density at radius 2 is 2.29 bits per heavy atom. The summed E-state index contributed by atoms with van der Waals surface area (Å²) in [5.74, 6) is 0.466. The fraction of sp³-hybridized carbons (Fsp3) is 0.583. The van der Waals surface area contributed by atoms with Gasteiger partial charge in [0.1, 0.15) is 6.20 Å². The number of nitrogens with zero attached hydrogens (tertiary/aromatic N) is 4. The second-order valence-electron chi connectivity index (χ2n) is 4.85. The number of ether oxygens (including phenoxy) is 1. The molecule has 0 unspecified atom stereocenters. The van der Waals surface area contributed by atoms with Crippen molar-refractivity contribution in [2.75, 3.05) is 31.2 Å². The molecular formula is C12H16N4O4S. The molecule has 0 aliphatic carbocycles. The first kappa shape index (κ1) is 14.2. The third-order valence-corrected chi connectivity index (χ3v) is 4.34. The summed E-state index contributed by atoms with van der Waals surface area (Å²) in [6, 6.07) is 0. The van der Waals surface area contributed by atoms with Crippen LogP contribution in [0.15, 0.2) is 11.6 Å². The van der Waals surface area contributed by atoms with E-state index in [2.05, 4.69) is 4.98 Å². The number of piperidine rings is 1. The average Bonchev–Trinajstić information content (AvgIpc) is 3.05. The summed E-state index contributed by atoms with van der Waals surface area (Å²) in [5, 5.41) is 21.9. The molecule has 3 heterocycles. The lowest BCUT2D eigenvalue weighted by Gasteiger charge is -2.31. The predicted octanol–water partition coefficient (Wildman–Crippen LogP) is 1.28. The lowest BCUT2D eigenvalue weighted by atomic mass is 10.1. The zero-order chi connectivity index (χ0) is 14.8. The smallest absolute Gasteiger partial charge is 0.373 e. The lowest BCUT2D eigenvalue weighted by molar-refractivity contribution is -0.389. The molecule has 8 nitrogen and oxygen atoms in total. The largest absolute Gasteiger partial charge is 0.394 e. The maximum atomic E-state index is 11.3. The van der Waals surface area contributed by atoms with E-state index in [9.17, 15) is 10.1 Å². The first-order valence-electron chi connectivity index (χ1n) is 6.78. The van der Waals surface area contributed by atoms with Crippen LogP contribution in [-0.4, -0.2) is 51.8 Å². The number of aliphatic hydroxyl groups is 1. The minimum absolute atomic E-state index is 0.0169. The number of hydrogen-bond acceptors (Lipinski definition) is 7. The van der Waals surface area contributed by atoms with Gasteiger partial charge in [-0.3, -0.25) is 0 Å². The summed E-state index contributed by atoms with van der Waals surface area (Å²) in [7, 11) is 0. The molecule has 1 N–H and O–H groups in total. The van der Waals surface area contributed by atoms with E-state index in [-0.39, 0.29) is 23.5 Å². The number of hydrogen-bond donors (Lipinski definition) is 1. The molecule has 114 valence electrons. The maximum Gasteiger partial charge on any atom is 0.373 e. The van der Waals surface area contributed by atoms with Gasteiger partial charge < -0.3 is 24.9 Å². The van der Waals surface area contributed by atoms with Crippen molar-refractivity contribution < 1.29 is 14.8 Å². The van der Waals surface area contributed by atoms with Crippen LogP contribution in [0.4, 0.5) is 11.6 Å². The van der Waals surface area contributed by atoms with Crippen molar-refractivity contribution in [1.82, 2.24) is 9.38 Å². The van der Waals surface area contributed by atoms with Gasteiger partial charge in [0.2, 0.25) is 5.82 Å². The zero-order valence-corrected chi connectivity index (χ0v) is 12.2. The minimum Gasteiger partial charge on any atom is -0.394 e. The third kappa shape index (κ3) is 2.71. The van der Waals surface area contributed by atoms with Crippen LogP contribution in [0, 0.1) is 10.1 Å². The standard InChI is InChI=1S/C12H16N4O4S/c17-6-7-20-9-1-3-14(4-2-9)10-11(16(18)19)15-5-8-21-12(15)13-10/h5,8-9,17H,1-4,6-7H2. The molecule has 0 aromatic carbocycles. The van der Waals surface area contributed by atoms with Crippen LogP contribution >= 0.6 is 11.3 Å². The van der Waals surface area contributed by atoms with Crippen LogP contribution in [0.3, 0.4) is 0 Å². The molecule has 1 saturated heterocycles. The van der Waals surface area contributed by atoms with E-state index in [1.54, 1.807) is 11.6 Å². The van der Waals surface area contributed by atoms with Crippen LogP contribution in [0.5, 0.6) is 0 Å². The maximum absolute atomic E-state index is 11.3. The van der Waals surface area contributed by atoms with Crippen LogP contribution in [-0.2, 0) is 4.74 Å². The van der Waals surface area contributed by atoms with E-state index >= 15 is 0 Å². The number of nitro groups is 1. The Hall–Kier alpha value is -1.71. The predicted molar refractivity (Wildman–Crippen MR) is 78.0 cm³/mol. The molecule has 1 aliphatic heterocycles. The number of aromatic nitrogens is 2. The number of anilines is 1. The number of imidazole rings is 1. The SMILES string of the molecule is O=[N+]([O-])c1c(N2CCC(OCCO)CC2)nc2sccn12. The quantitative estimate of drug-likeness (QED) is 0.660. The molecule has 2 aromatic rings. The summed E-state index contributed by atoms with van der Waals surface area (Å²) < 4.78 is 7.03. The number of fused-ring (bicyclic) bond motifs is 1. The molecule has 1 aliphatic rings. The molecule has 0 atom stereocenters. The van der Waals surface area contributed by atoms with Crippen molar-refractivity contribution in [3.05, 3.63) is 21.7 Å². The molecule has 2 aromatic heterocycles. The van der Waals surface area contributed by atoms with Crippen LogP contribution < -0.4 is 4.90 Å². The highest BCUT2D eigenvalue weighted by atomic mass is 32.1. The molecule has 1 fully saturated rings. The Bertz CT molecular complexity index is 632. The lowest BCUT2D eigenvalue weighted by Crippen LogP contribution is -2.37. The highest BCUT2D eigenvalue weighted by Gasteiger charge is 2.30. The van der Waals surface area contributed by atoms with Gasteiger partial charge in [0.05, 0.1) is 19.3 Å². The Kier molecular flexibility index (Phi) is 4.04. The summed E-state index contributed by atoms with van der Waals surface area (Å²) in [5.41, 5.74) is 0. The van der Waals surface area contributed by atoms with Crippen LogP contribution in [0.2, 0.25) is 0 Å². The normalized spacial score (nSPS) is 16.7. The van der Waals surface area contributed by atoms with Crippen molar-refractivity contribution in [3.63, 3.8) is 0 Å². The fourth-order valence-corrected chi connectivity index (χ4v) is 3.30. The van der Waals surface area contributed by atoms with Gasteiger partial charge in [-0.05, 0) is 17.8 Å². The summed E-state index contributed by atoms with van der Waals surface area (Å²) in [6.07, 6.45) is 3.34. The van der Waals surface area contributed by atoms with E-state index in [1.165, 1.54) is 15.7 Å². The molecule has 0 bridgehead atoms. The number of aliphatic hydroxyl groups excluding tert-OH is 1. The number of rotatable bonds is 5. The summed E-state index contributed by atoms with van der Waals surface area (Å²) in [6.45, 7) is 1.69. The van der Waals surface area contributed by atoms with Gasteiger partial charge in [-0.25, -0.2) is 0 Å². The Morgan fingerprint density at radius 1 is 1.52 bits per heavy atom. The van der Waals surface area contributed by atoms with Crippen LogP contribution in [0.1, 0.15) is 12.8 Å². The Balaban J connectivity index is 1.77. The second kappa shape index (κ2) is 5.96. The Labute approximate surface area is 124 Å². The fourth-order valence-electron chi connectivity index (χ4n) is 2.60. The van der Waals surface area contributed by atoms with Crippen molar-refractivity contribution in [1.29, 1.82) is 0 Å². The second-order valence-corrected chi connectivity index (χ2v) is 5.73. The molecule has 3 rings (SSSR count). The molecule has 9 heteroatoms. The van der Waals surface area contributed by atoms with Gasteiger partial charge in [0.15, 0.2) is 0 Å². The molecule has 21 heavy (non-hydrogen) atoms. The number of thiazole rings is 1. The molecule has 0 amide bonds. The van der Waals surface area contributed by atoms with E-state index in [1.807, 2.05) is 4.90 Å². The highest BCUT2D eigenvalue weighted by Crippen LogP contribution is 2.32. The van der Waals surface area contributed by atoms with Crippen LogP contribution in [0.25, 0.3) is 4.96 Å². The van der Waals surface area contributed by atoms with Gasteiger partial charge >= 0.3 is 5.82 Å². The first-order chi connectivity index (χ1) is 10.2. The molecular weight excluding hydrogens is 296 g/mol. The first-order valence-corrected chi connectivity index (χ1v) is 7.66. The molecule has 0 saturated carbocycles. The highest BCUT2D eigenvalue weighted by molar-refractivity contribution is 7.15. The summed E-state index contributed by atoms with van der Waals surface area (Å²) in [4.78, 5) is 17.9.